The van der Waals surface area contributed by atoms with Gasteiger partial charge in [-0.3, -0.25) is 25.0 Å². The topological polar surface area (TPSA) is 179 Å². The van der Waals surface area contributed by atoms with Crippen molar-refractivity contribution in [2.45, 2.75) is 25.1 Å². The molecule has 1 unspecified atom stereocenters. The van der Waals surface area contributed by atoms with E-state index in [-0.39, 0.29) is 35.0 Å². The molecule has 3 aromatic rings. The number of aliphatic carboxylic acids is 1. The Morgan fingerprint density at radius 1 is 0.925 bits per heavy atom. The first-order chi connectivity index (χ1) is 19.0. The zero-order chi connectivity index (χ0) is 29.3. The van der Waals surface area contributed by atoms with Crippen LogP contribution in [-0.4, -0.2) is 43.4 Å². The van der Waals surface area contributed by atoms with Crippen molar-refractivity contribution in [1.82, 2.24) is 4.90 Å². The number of carboxylic acids is 1. The molecule has 0 fully saturated rings. The number of benzene rings is 3. The fraction of sp³-hybridized carbons (Fsp3) is 0.200. The number of nitro benzene ring substituents is 2. The van der Waals surface area contributed by atoms with Crippen molar-refractivity contribution in [3.63, 3.8) is 0 Å². The van der Waals surface area contributed by atoms with Gasteiger partial charge < -0.3 is 19.1 Å². The molecule has 0 aliphatic heterocycles. The van der Waals surface area contributed by atoms with Crippen LogP contribution in [-0.2, 0) is 15.1 Å². The number of hydrogen-bond donors (Lipinski definition) is 1. The van der Waals surface area contributed by atoms with Crippen molar-refractivity contribution in [2.75, 3.05) is 6.29 Å². The second kappa shape index (κ2) is 13.6. The van der Waals surface area contributed by atoms with Crippen LogP contribution in [0.5, 0.6) is 11.5 Å². The van der Waals surface area contributed by atoms with Gasteiger partial charge in [-0.2, -0.15) is 0 Å². The van der Waals surface area contributed by atoms with Gasteiger partial charge >= 0.3 is 13.6 Å². The fourth-order valence-corrected chi connectivity index (χ4v) is 6.16. The standard InChI is InChI=1S/C25H24N3O10PS/c1-2-23(24(29)30)26(25(31)40-16-18-8-4-3-5-9-18)17-39(36,37-21-12-6-10-19(14-21)27(32)33)38-22-13-7-11-20(15-22)28(34)35/h3-15,23H,2,16-17H2,1H3,(H,29,30). The van der Waals surface area contributed by atoms with Gasteiger partial charge in [0.15, 0.2) is 0 Å². The van der Waals surface area contributed by atoms with Crippen LogP contribution in [0.2, 0.25) is 0 Å². The van der Waals surface area contributed by atoms with Crippen molar-refractivity contribution in [3.8, 4) is 11.5 Å². The molecular formula is C25H24N3O10PS. The molecular weight excluding hydrogens is 565 g/mol. The SMILES string of the molecule is CCC(C(=O)O)N(CP(=O)(Oc1cccc([N+](=O)[O-])c1)Oc1cccc([N+](=O)[O-])c1)C(=O)SCc1ccccc1. The minimum atomic E-state index is -4.59. The van der Waals surface area contributed by atoms with Crippen molar-refractivity contribution < 1.29 is 38.2 Å². The Balaban J connectivity index is 2.00. The van der Waals surface area contributed by atoms with Crippen LogP contribution >= 0.6 is 19.4 Å². The van der Waals surface area contributed by atoms with E-state index < -0.39 is 41.0 Å². The summed E-state index contributed by atoms with van der Waals surface area (Å²) in [7, 11) is -4.59. The van der Waals surface area contributed by atoms with Crippen LogP contribution in [0.15, 0.2) is 78.9 Å². The molecule has 3 rings (SSSR count). The smallest absolute Gasteiger partial charge is 0.450 e. The molecule has 0 aliphatic rings. The number of nitrogens with zero attached hydrogens (tertiary/aromatic N) is 3. The quantitative estimate of drug-likeness (QED) is 0.134. The molecule has 15 heteroatoms. The number of thioether (sulfide) groups is 1. The maximum Gasteiger partial charge on any atom is 0.450 e. The summed E-state index contributed by atoms with van der Waals surface area (Å²) in [4.78, 5) is 47.3. The van der Waals surface area contributed by atoms with Gasteiger partial charge in [0.1, 0.15) is 23.8 Å². The van der Waals surface area contributed by atoms with Crippen LogP contribution in [0.4, 0.5) is 16.2 Å². The van der Waals surface area contributed by atoms with Crippen molar-refractivity contribution >= 4 is 41.9 Å². The Bertz CT molecular complexity index is 1380. The number of carbonyl (C=O) groups is 2. The Labute approximate surface area is 232 Å². The number of amides is 1. The zero-order valence-corrected chi connectivity index (χ0v) is 22.7. The van der Waals surface area contributed by atoms with E-state index in [4.69, 9.17) is 9.05 Å². The number of non-ortho nitro benzene ring substituents is 2. The van der Waals surface area contributed by atoms with E-state index in [1.807, 2.05) is 0 Å². The first-order valence-corrected chi connectivity index (χ1v) is 14.4. The van der Waals surface area contributed by atoms with E-state index in [2.05, 4.69) is 0 Å². The summed E-state index contributed by atoms with van der Waals surface area (Å²) in [6, 6.07) is 16.9. The van der Waals surface area contributed by atoms with E-state index in [1.54, 1.807) is 30.3 Å². The molecule has 40 heavy (non-hydrogen) atoms. The van der Waals surface area contributed by atoms with Gasteiger partial charge in [-0.05, 0) is 24.1 Å². The van der Waals surface area contributed by atoms with E-state index in [0.717, 1.165) is 34.4 Å². The van der Waals surface area contributed by atoms with Crippen LogP contribution in [0.25, 0.3) is 0 Å². The highest BCUT2D eigenvalue weighted by Crippen LogP contribution is 2.50. The molecule has 13 nitrogen and oxygen atoms in total. The molecule has 0 heterocycles. The highest BCUT2D eigenvalue weighted by molar-refractivity contribution is 8.12. The van der Waals surface area contributed by atoms with Gasteiger partial charge in [0, 0.05) is 17.9 Å². The van der Waals surface area contributed by atoms with Crippen molar-refractivity contribution in [2.24, 2.45) is 0 Å². The zero-order valence-electron chi connectivity index (χ0n) is 21.0. The molecule has 0 spiro atoms. The molecule has 210 valence electrons. The normalized spacial score (nSPS) is 11.7. The number of nitro groups is 2. The van der Waals surface area contributed by atoms with Crippen molar-refractivity contribution in [1.29, 1.82) is 0 Å². The first kappa shape index (κ1) is 30.1. The lowest BCUT2D eigenvalue weighted by atomic mass is 10.2. The summed E-state index contributed by atoms with van der Waals surface area (Å²) < 4.78 is 25.3. The highest BCUT2D eigenvalue weighted by Gasteiger charge is 2.39. The largest absolute Gasteiger partial charge is 0.480 e. The van der Waals surface area contributed by atoms with Gasteiger partial charge in [0.05, 0.1) is 22.0 Å². The molecule has 0 saturated carbocycles. The number of hydrogen-bond acceptors (Lipinski definition) is 10. The van der Waals surface area contributed by atoms with Gasteiger partial charge in [0.25, 0.3) is 16.6 Å². The molecule has 1 atom stereocenters. The number of carboxylic acid groups (broad SMARTS) is 1. The number of carbonyl (C=O) groups excluding carboxylic acids is 1. The van der Waals surface area contributed by atoms with E-state index in [9.17, 15) is 39.5 Å². The molecule has 3 aromatic carbocycles. The lowest BCUT2D eigenvalue weighted by Gasteiger charge is -2.31. The van der Waals surface area contributed by atoms with E-state index >= 15 is 0 Å². The minimum absolute atomic E-state index is 0.0550. The fourth-order valence-electron chi connectivity index (χ4n) is 3.51. The molecule has 0 aliphatic carbocycles. The Morgan fingerprint density at radius 3 is 1.90 bits per heavy atom. The summed E-state index contributed by atoms with van der Waals surface area (Å²) in [6.45, 7) is 1.52. The van der Waals surface area contributed by atoms with E-state index in [0.29, 0.717) is 0 Å². The highest BCUT2D eigenvalue weighted by atomic mass is 32.2. The van der Waals surface area contributed by atoms with Gasteiger partial charge in [-0.25, -0.2) is 9.36 Å². The Hall–Kier alpha value is -4.42. The molecule has 1 N–H and O–H groups in total. The average Bonchev–Trinajstić information content (AvgIpc) is 2.92. The predicted octanol–water partition coefficient (Wildman–Crippen LogP) is 6.33. The summed E-state index contributed by atoms with van der Waals surface area (Å²) in [6.07, 6.45) is -0.926. The first-order valence-electron chi connectivity index (χ1n) is 11.7. The molecule has 1 amide bonds. The third kappa shape index (κ3) is 8.29. The number of rotatable bonds is 13. The summed E-state index contributed by atoms with van der Waals surface area (Å²) >= 11 is 0.778. The summed E-state index contributed by atoms with van der Waals surface area (Å²) in [5.41, 5.74) is 0.0125. The van der Waals surface area contributed by atoms with Crippen LogP contribution in [0.1, 0.15) is 18.9 Å². The molecule has 0 saturated heterocycles. The second-order valence-electron chi connectivity index (χ2n) is 8.22. The van der Waals surface area contributed by atoms with Crippen LogP contribution < -0.4 is 9.05 Å². The van der Waals surface area contributed by atoms with E-state index in [1.165, 1.54) is 43.3 Å². The Morgan fingerprint density at radius 2 is 1.45 bits per heavy atom. The third-order valence-electron chi connectivity index (χ3n) is 5.36. The lowest BCUT2D eigenvalue weighted by molar-refractivity contribution is -0.385. The predicted molar refractivity (Wildman–Crippen MR) is 147 cm³/mol. The van der Waals surface area contributed by atoms with Crippen LogP contribution in [0.3, 0.4) is 0 Å². The van der Waals surface area contributed by atoms with Crippen molar-refractivity contribution in [3.05, 3.63) is 105 Å². The molecule has 0 aromatic heterocycles. The average molecular weight is 590 g/mol. The Kier molecular flexibility index (Phi) is 10.2. The lowest BCUT2D eigenvalue weighted by Crippen LogP contribution is -2.44. The maximum absolute atomic E-state index is 14.2. The van der Waals surface area contributed by atoms with Gasteiger partial charge in [-0.1, -0.05) is 61.2 Å². The summed E-state index contributed by atoms with van der Waals surface area (Å²) in [5, 5.41) is 31.6. The molecule has 0 radical (unpaired) electrons. The van der Waals surface area contributed by atoms with Gasteiger partial charge in [-0.15, -0.1) is 0 Å². The van der Waals surface area contributed by atoms with Crippen LogP contribution in [0, 0.1) is 20.2 Å². The summed E-state index contributed by atoms with van der Waals surface area (Å²) in [5.74, 6) is -1.69. The van der Waals surface area contributed by atoms with Gasteiger partial charge in [0.2, 0.25) is 0 Å². The third-order valence-corrected chi connectivity index (χ3v) is 7.95. The second-order valence-corrected chi connectivity index (χ2v) is 11.0. The minimum Gasteiger partial charge on any atom is -0.480 e. The maximum atomic E-state index is 14.2. The monoisotopic (exact) mass is 589 g/mol. The molecule has 0 bridgehead atoms.